The largest absolute Gasteiger partial charge is 0.309 e. The molecule has 3 aromatic carbocycles. The lowest BCUT2D eigenvalue weighted by atomic mass is 9.87. The van der Waals surface area contributed by atoms with Gasteiger partial charge >= 0.3 is 0 Å². The van der Waals surface area contributed by atoms with Gasteiger partial charge in [-0.1, -0.05) is 48.0 Å². The Labute approximate surface area is 198 Å². The third kappa shape index (κ3) is 4.21. The van der Waals surface area contributed by atoms with Crippen LogP contribution in [-0.4, -0.2) is 9.49 Å². The minimum absolute atomic E-state index is 0.0198. The number of thiazole rings is 1. The summed E-state index contributed by atoms with van der Waals surface area (Å²) in [5.41, 5.74) is 4.60. The number of fused-ring (bicyclic) bond motifs is 1. The third-order valence-electron chi connectivity index (χ3n) is 5.87. The highest BCUT2D eigenvalue weighted by molar-refractivity contribution is 7.07. The van der Waals surface area contributed by atoms with E-state index in [0.29, 0.717) is 10.5 Å². The number of nitro benzene ring substituents is 1. The summed E-state index contributed by atoms with van der Waals surface area (Å²) in [6.07, 6.45) is 2.95. The highest BCUT2D eigenvalue weighted by atomic mass is 35.5. The summed E-state index contributed by atoms with van der Waals surface area (Å²) >= 11 is 7.27. The molecular weight excluding hydrogens is 461 g/mol. The van der Waals surface area contributed by atoms with E-state index >= 15 is 0 Å². The van der Waals surface area contributed by atoms with Gasteiger partial charge in [0.05, 0.1) is 27.4 Å². The molecule has 1 unspecified atom stereocenters. The molecule has 0 fully saturated rings. The van der Waals surface area contributed by atoms with Gasteiger partial charge in [-0.3, -0.25) is 10.1 Å². The molecule has 166 valence electrons. The highest BCUT2D eigenvalue weighted by Gasteiger charge is 2.25. The van der Waals surface area contributed by atoms with Crippen LogP contribution < -0.4 is 4.80 Å². The van der Waals surface area contributed by atoms with E-state index in [0.717, 1.165) is 30.5 Å². The van der Waals surface area contributed by atoms with E-state index in [4.69, 9.17) is 16.6 Å². The Kier molecular flexibility index (Phi) is 5.83. The van der Waals surface area contributed by atoms with Crippen LogP contribution >= 0.6 is 22.9 Å². The summed E-state index contributed by atoms with van der Waals surface area (Å²) < 4.78 is 16.2. The third-order valence-corrected chi connectivity index (χ3v) is 7.02. The highest BCUT2D eigenvalue weighted by Crippen LogP contribution is 2.36. The zero-order chi connectivity index (χ0) is 22.9. The van der Waals surface area contributed by atoms with E-state index in [1.54, 1.807) is 18.2 Å². The van der Waals surface area contributed by atoms with Crippen molar-refractivity contribution in [2.24, 2.45) is 4.99 Å². The zero-order valence-electron chi connectivity index (χ0n) is 17.4. The Hall–Kier alpha value is -3.29. The number of non-ortho nitro benzene ring substituents is 1. The minimum Gasteiger partial charge on any atom is -0.309 e. The molecule has 1 aromatic heterocycles. The molecule has 5 nitrogen and oxygen atoms in total. The van der Waals surface area contributed by atoms with Crippen LogP contribution in [0.5, 0.6) is 0 Å². The Morgan fingerprint density at radius 3 is 2.79 bits per heavy atom. The molecule has 1 heterocycles. The summed E-state index contributed by atoms with van der Waals surface area (Å²) in [6, 6.07) is 19.5. The second-order valence-electron chi connectivity index (χ2n) is 7.90. The van der Waals surface area contributed by atoms with Gasteiger partial charge in [-0.25, -0.2) is 9.38 Å². The molecular formula is C25H19ClFN3O2S. The van der Waals surface area contributed by atoms with Crippen molar-refractivity contribution in [3.05, 3.63) is 109 Å². The maximum absolute atomic E-state index is 14.1. The van der Waals surface area contributed by atoms with Crippen molar-refractivity contribution < 1.29 is 9.31 Å². The molecule has 0 radical (unpaired) electrons. The van der Waals surface area contributed by atoms with Crippen LogP contribution in [0.2, 0.25) is 5.02 Å². The van der Waals surface area contributed by atoms with Gasteiger partial charge in [0.1, 0.15) is 5.82 Å². The van der Waals surface area contributed by atoms with Gasteiger partial charge in [-0.15, -0.1) is 11.3 Å². The van der Waals surface area contributed by atoms with Gasteiger partial charge in [-0.05, 0) is 42.5 Å². The van der Waals surface area contributed by atoms with Crippen LogP contribution in [0.25, 0.3) is 11.3 Å². The van der Waals surface area contributed by atoms with Crippen molar-refractivity contribution >= 4 is 34.3 Å². The second kappa shape index (κ2) is 8.92. The van der Waals surface area contributed by atoms with Gasteiger partial charge in [0, 0.05) is 29.1 Å². The maximum Gasteiger partial charge on any atom is 0.270 e. The van der Waals surface area contributed by atoms with Crippen LogP contribution in [0.15, 0.2) is 77.1 Å². The molecule has 0 N–H and O–H groups in total. The van der Waals surface area contributed by atoms with Gasteiger partial charge in [-0.2, -0.15) is 0 Å². The zero-order valence-corrected chi connectivity index (χ0v) is 19.0. The average molecular weight is 480 g/mol. The predicted molar refractivity (Wildman–Crippen MR) is 129 cm³/mol. The summed E-state index contributed by atoms with van der Waals surface area (Å²) in [4.78, 5) is 16.4. The first-order valence-corrected chi connectivity index (χ1v) is 11.8. The Bertz CT molecular complexity index is 1430. The van der Waals surface area contributed by atoms with E-state index < -0.39 is 10.7 Å². The van der Waals surface area contributed by atoms with E-state index in [2.05, 4.69) is 16.7 Å². The SMILES string of the molecule is O=[N+]([O-])c1cccc(-c2csc(=Nc3ccc(Cl)c(F)c3)n2C2CCCc3ccccc32)c1. The Morgan fingerprint density at radius 2 is 1.97 bits per heavy atom. The molecule has 0 bridgehead atoms. The number of hydrogen-bond donors (Lipinski definition) is 0. The smallest absolute Gasteiger partial charge is 0.270 e. The molecule has 0 saturated heterocycles. The first kappa shape index (κ1) is 21.6. The van der Waals surface area contributed by atoms with Gasteiger partial charge in [0.25, 0.3) is 5.69 Å². The molecule has 8 heteroatoms. The first-order valence-electron chi connectivity index (χ1n) is 10.5. The second-order valence-corrected chi connectivity index (χ2v) is 9.14. The average Bonchev–Trinajstić information content (AvgIpc) is 3.24. The Morgan fingerprint density at radius 1 is 1.12 bits per heavy atom. The molecule has 5 rings (SSSR count). The van der Waals surface area contributed by atoms with E-state index in [-0.39, 0.29) is 16.8 Å². The predicted octanol–water partition coefficient (Wildman–Crippen LogP) is 7.08. The van der Waals surface area contributed by atoms with Crippen LogP contribution in [0.3, 0.4) is 0 Å². The van der Waals surface area contributed by atoms with Crippen molar-refractivity contribution in [1.82, 2.24) is 4.57 Å². The fraction of sp³-hybridized carbons (Fsp3) is 0.160. The van der Waals surface area contributed by atoms with Crippen molar-refractivity contribution in [3.63, 3.8) is 0 Å². The minimum atomic E-state index is -0.525. The maximum atomic E-state index is 14.1. The molecule has 0 aliphatic heterocycles. The number of aromatic nitrogens is 1. The lowest BCUT2D eigenvalue weighted by Gasteiger charge is -2.28. The number of benzene rings is 3. The van der Waals surface area contributed by atoms with Crippen molar-refractivity contribution in [2.75, 3.05) is 0 Å². The van der Waals surface area contributed by atoms with E-state index in [1.165, 1.54) is 40.7 Å². The summed E-state index contributed by atoms with van der Waals surface area (Å²) in [7, 11) is 0. The lowest BCUT2D eigenvalue weighted by molar-refractivity contribution is -0.384. The lowest BCUT2D eigenvalue weighted by Crippen LogP contribution is -2.26. The fourth-order valence-electron chi connectivity index (χ4n) is 4.35. The molecule has 1 aliphatic rings. The molecule has 0 saturated carbocycles. The first-order chi connectivity index (χ1) is 16.0. The standard InChI is InChI=1S/C25H19ClFN3O2S/c26-21-12-11-18(14-22(21)27)28-25-29(23-10-4-6-16-5-1-2-9-20(16)23)24(15-33-25)17-7-3-8-19(13-17)30(31)32/h1-3,5,7-9,11-15,23H,4,6,10H2. The fourth-order valence-corrected chi connectivity index (χ4v) is 5.44. The van der Waals surface area contributed by atoms with Gasteiger partial charge in [0.15, 0.2) is 4.80 Å². The molecule has 0 amide bonds. The quantitative estimate of drug-likeness (QED) is 0.232. The molecule has 4 aromatic rings. The van der Waals surface area contributed by atoms with Crippen molar-refractivity contribution in [3.8, 4) is 11.3 Å². The molecule has 33 heavy (non-hydrogen) atoms. The number of aryl methyl sites for hydroxylation is 1. The number of nitro groups is 1. The van der Waals surface area contributed by atoms with Crippen molar-refractivity contribution in [2.45, 2.75) is 25.3 Å². The monoisotopic (exact) mass is 479 g/mol. The van der Waals surface area contributed by atoms with E-state index in [1.807, 2.05) is 23.6 Å². The van der Waals surface area contributed by atoms with Gasteiger partial charge in [0.2, 0.25) is 0 Å². The normalized spacial score (nSPS) is 15.9. The topological polar surface area (TPSA) is 60.4 Å². The Balaban J connectivity index is 1.74. The van der Waals surface area contributed by atoms with Crippen LogP contribution in [0, 0.1) is 15.9 Å². The number of nitrogens with zero attached hydrogens (tertiary/aromatic N) is 3. The summed E-state index contributed by atoms with van der Waals surface area (Å²) in [6.45, 7) is 0. The summed E-state index contributed by atoms with van der Waals surface area (Å²) in [5, 5.41) is 13.4. The number of rotatable bonds is 4. The van der Waals surface area contributed by atoms with Crippen molar-refractivity contribution in [1.29, 1.82) is 0 Å². The van der Waals surface area contributed by atoms with Crippen LogP contribution in [0.1, 0.15) is 30.0 Å². The molecule has 0 spiro atoms. The van der Waals surface area contributed by atoms with Crippen LogP contribution in [0.4, 0.5) is 15.8 Å². The van der Waals surface area contributed by atoms with Gasteiger partial charge < -0.3 is 4.57 Å². The van der Waals surface area contributed by atoms with E-state index in [9.17, 15) is 14.5 Å². The van der Waals surface area contributed by atoms with Crippen LogP contribution in [-0.2, 0) is 6.42 Å². The number of halogens is 2. The summed E-state index contributed by atoms with van der Waals surface area (Å²) in [5.74, 6) is -0.525. The molecule has 1 atom stereocenters. The molecule has 1 aliphatic carbocycles. The number of hydrogen-bond acceptors (Lipinski definition) is 4.